The minimum absolute atomic E-state index is 0.625. The minimum atomic E-state index is 0.625. The molecule has 0 spiro atoms. The monoisotopic (exact) mass is 204 g/mol. The van der Waals surface area contributed by atoms with Gasteiger partial charge in [-0.05, 0) is 6.08 Å². The number of imidazole rings is 1. The van der Waals surface area contributed by atoms with Crippen molar-refractivity contribution in [1.29, 1.82) is 0 Å². The number of nitrogens with one attached hydrogen (secondary N) is 1. The molecule has 2 aromatic heterocycles. The van der Waals surface area contributed by atoms with Gasteiger partial charge in [-0.15, -0.1) is 0 Å². The van der Waals surface area contributed by atoms with Crippen LogP contribution in [0, 0.1) is 0 Å². The van der Waals surface area contributed by atoms with Crippen LogP contribution in [0.25, 0.3) is 11.2 Å². The van der Waals surface area contributed by atoms with E-state index in [1.54, 1.807) is 6.20 Å². The molecule has 0 radical (unpaired) electrons. The molecule has 0 saturated carbocycles. The van der Waals surface area contributed by atoms with Crippen LogP contribution < -0.4 is 4.48 Å². The summed E-state index contributed by atoms with van der Waals surface area (Å²) < 4.78 is 0.625. The van der Waals surface area contributed by atoms with Crippen LogP contribution >= 0.6 is 0 Å². The summed E-state index contributed by atoms with van der Waals surface area (Å²) in [4.78, 5) is 15.7. The Kier molecular flexibility index (Phi) is 2.24. The van der Waals surface area contributed by atoms with Gasteiger partial charge in [-0.3, -0.25) is 9.47 Å². The van der Waals surface area contributed by atoms with Gasteiger partial charge in [-0.2, -0.15) is 4.98 Å². The van der Waals surface area contributed by atoms with Crippen molar-refractivity contribution in [3.63, 3.8) is 0 Å². The van der Waals surface area contributed by atoms with Gasteiger partial charge in [-0.25, -0.2) is 9.97 Å². The SMILES string of the molecule is C=CC[N+](C)(C)c1nc2ncncc2[nH]1. The molecule has 0 aliphatic carbocycles. The topological polar surface area (TPSA) is 54.5 Å². The summed E-state index contributed by atoms with van der Waals surface area (Å²) in [5.74, 6) is 0.866. The van der Waals surface area contributed by atoms with E-state index in [1.807, 2.05) is 6.08 Å². The molecule has 78 valence electrons. The van der Waals surface area contributed by atoms with Crippen molar-refractivity contribution in [2.24, 2.45) is 0 Å². The van der Waals surface area contributed by atoms with E-state index < -0.39 is 0 Å². The fraction of sp³-hybridized carbons (Fsp3) is 0.300. The van der Waals surface area contributed by atoms with Gasteiger partial charge in [0.25, 0.3) is 0 Å². The Labute approximate surface area is 88.1 Å². The van der Waals surface area contributed by atoms with Crippen molar-refractivity contribution in [3.05, 3.63) is 25.2 Å². The summed E-state index contributed by atoms with van der Waals surface area (Å²) in [6, 6.07) is 0. The van der Waals surface area contributed by atoms with Crippen molar-refractivity contribution < 1.29 is 0 Å². The molecule has 0 amide bonds. The predicted molar refractivity (Wildman–Crippen MR) is 60.4 cm³/mol. The van der Waals surface area contributed by atoms with Crippen LogP contribution in [-0.2, 0) is 0 Å². The van der Waals surface area contributed by atoms with Gasteiger partial charge >= 0.3 is 5.95 Å². The van der Waals surface area contributed by atoms with Crippen LogP contribution in [0.15, 0.2) is 25.2 Å². The molecule has 0 aliphatic rings. The molecule has 5 heteroatoms. The lowest BCUT2D eigenvalue weighted by atomic mass is 10.5. The van der Waals surface area contributed by atoms with Crippen LogP contribution in [0.2, 0.25) is 0 Å². The van der Waals surface area contributed by atoms with Crippen LogP contribution in [0.5, 0.6) is 0 Å². The number of hydrogen-bond donors (Lipinski definition) is 1. The van der Waals surface area contributed by atoms with E-state index in [1.165, 1.54) is 6.33 Å². The zero-order chi connectivity index (χ0) is 10.9. The first kappa shape index (κ1) is 9.79. The number of aromatic nitrogens is 4. The standard InChI is InChI=1S/C10H14N5/c1-4-5-15(2,3)10-13-8-6-11-7-12-9(8)14-10/h4,6-7H,1,5H2,2-3H3,(H,11,12,13,14)/q+1. The number of nitrogens with zero attached hydrogens (tertiary/aromatic N) is 4. The number of H-pyrrole nitrogens is 1. The molecule has 0 saturated heterocycles. The molecule has 1 N–H and O–H groups in total. The molecule has 0 bridgehead atoms. The normalized spacial score (nSPS) is 11.9. The molecule has 2 aromatic rings. The zero-order valence-electron chi connectivity index (χ0n) is 8.94. The molecule has 5 nitrogen and oxygen atoms in total. The molecule has 0 aromatic carbocycles. The van der Waals surface area contributed by atoms with Gasteiger partial charge in [0.1, 0.15) is 18.4 Å². The largest absolute Gasteiger partial charge is 0.308 e. The third-order valence-corrected chi connectivity index (χ3v) is 2.31. The second kappa shape index (κ2) is 3.43. The summed E-state index contributed by atoms with van der Waals surface area (Å²) in [5.41, 5.74) is 1.57. The lowest BCUT2D eigenvalue weighted by Gasteiger charge is -2.23. The highest BCUT2D eigenvalue weighted by Gasteiger charge is 2.21. The Hall–Kier alpha value is -1.75. The number of aromatic amines is 1. The highest BCUT2D eigenvalue weighted by Crippen LogP contribution is 2.17. The summed E-state index contributed by atoms with van der Waals surface area (Å²) in [7, 11) is 4.12. The molecular formula is C10H14N5+. The second-order valence-electron chi connectivity index (χ2n) is 3.98. The Bertz CT molecular complexity index is 452. The smallest absolute Gasteiger partial charge is 0.289 e. The summed E-state index contributed by atoms with van der Waals surface area (Å²) >= 11 is 0. The lowest BCUT2D eigenvalue weighted by molar-refractivity contribution is 0.422. The second-order valence-corrected chi connectivity index (χ2v) is 3.98. The Morgan fingerprint density at radius 1 is 1.53 bits per heavy atom. The van der Waals surface area contributed by atoms with Gasteiger partial charge in [-0.1, -0.05) is 6.58 Å². The number of hydrogen-bond acceptors (Lipinski definition) is 3. The zero-order valence-corrected chi connectivity index (χ0v) is 8.94. The van der Waals surface area contributed by atoms with Gasteiger partial charge in [0, 0.05) is 0 Å². The first-order chi connectivity index (χ1) is 7.13. The predicted octanol–water partition coefficient (Wildman–Crippen LogP) is 1.11. The first-order valence-corrected chi connectivity index (χ1v) is 4.73. The van der Waals surface area contributed by atoms with E-state index in [0.29, 0.717) is 10.1 Å². The van der Waals surface area contributed by atoms with Gasteiger partial charge in [0.2, 0.25) is 0 Å². The van der Waals surface area contributed by atoms with Gasteiger partial charge in [0.15, 0.2) is 5.65 Å². The highest BCUT2D eigenvalue weighted by molar-refractivity contribution is 5.71. The third-order valence-electron chi connectivity index (χ3n) is 2.31. The summed E-state index contributed by atoms with van der Waals surface area (Å²) in [5, 5.41) is 0. The molecule has 2 heterocycles. The third kappa shape index (κ3) is 1.73. The number of rotatable bonds is 3. The van der Waals surface area contributed by atoms with E-state index in [-0.39, 0.29) is 0 Å². The van der Waals surface area contributed by atoms with E-state index in [0.717, 1.165) is 18.0 Å². The van der Waals surface area contributed by atoms with E-state index in [9.17, 15) is 0 Å². The molecule has 0 fully saturated rings. The van der Waals surface area contributed by atoms with Crippen LogP contribution in [-0.4, -0.2) is 40.6 Å². The van der Waals surface area contributed by atoms with Crippen LogP contribution in [0.1, 0.15) is 0 Å². The average molecular weight is 204 g/mol. The lowest BCUT2D eigenvalue weighted by Crippen LogP contribution is -2.41. The van der Waals surface area contributed by atoms with E-state index in [4.69, 9.17) is 0 Å². The first-order valence-electron chi connectivity index (χ1n) is 4.73. The fourth-order valence-corrected chi connectivity index (χ4v) is 1.45. The maximum Gasteiger partial charge on any atom is 0.308 e. The Morgan fingerprint density at radius 2 is 2.33 bits per heavy atom. The van der Waals surface area contributed by atoms with Crippen molar-refractivity contribution in [2.45, 2.75) is 0 Å². The van der Waals surface area contributed by atoms with Gasteiger partial charge < -0.3 is 0 Å². The number of quaternary nitrogens is 1. The minimum Gasteiger partial charge on any atom is -0.289 e. The average Bonchev–Trinajstić information content (AvgIpc) is 2.61. The molecule has 0 aliphatic heterocycles. The van der Waals surface area contributed by atoms with Crippen LogP contribution in [0.3, 0.4) is 0 Å². The van der Waals surface area contributed by atoms with Crippen LogP contribution in [0.4, 0.5) is 5.95 Å². The fourth-order valence-electron chi connectivity index (χ4n) is 1.45. The quantitative estimate of drug-likeness (QED) is 0.602. The summed E-state index contributed by atoms with van der Waals surface area (Å²) in [6.45, 7) is 4.55. The molecule has 2 rings (SSSR count). The number of fused-ring (bicyclic) bond motifs is 1. The highest BCUT2D eigenvalue weighted by atomic mass is 15.4. The van der Waals surface area contributed by atoms with Gasteiger partial charge in [0.05, 0.1) is 20.3 Å². The Balaban J connectivity index is 2.48. The molecule has 15 heavy (non-hydrogen) atoms. The van der Waals surface area contributed by atoms with E-state index >= 15 is 0 Å². The van der Waals surface area contributed by atoms with Crippen molar-refractivity contribution in [3.8, 4) is 0 Å². The maximum atomic E-state index is 4.42. The summed E-state index contributed by atoms with van der Waals surface area (Å²) in [6.07, 6.45) is 5.10. The number of likely N-dealkylation sites (N-methyl/N-ethyl adjacent to an activating group) is 1. The van der Waals surface area contributed by atoms with Crippen molar-refractivity contribution in [2.75, 3.05) is 20.6 Å². The Morgan fingerprint density at radius 3 is 3.00 bits per heavy atom. The van der Waals surface area contributed by atoms with E-state index in [2.05, 4.69) is 40.6 Å². The van der Waals surface area contributed by atoms with Crippen molar-refractivity contribution in [1.82, 2.24) is 24.4 Å². The molecule has 0 atom stereocenters. The maximum absolute atomic E-state index is 4.42. The molecular weight excluding hydrogens is 190 g/mol. The van der Waals surface area contributed by atoms with Crippen molar-refractivity contribution >= 4 is 17.1 Å². The molecule has 0 unspecified atom stereocenters.